The largest absolute Gasteiger partial charge is 0.464 e. The Labute approximate surface area is 124 Å². The van der Waals surface area contributed by atoms with E-state index in [2.05, 4.69) is 5.32 Å². The monoisotopic (exact) mass is 294 g/mol. The number of nitrogens with zero attached hydrogens (tertiary/aromatic N) is 1. The van der Waals surface area contributed by atoms with Crippen molar-refractivity contribution in [1.82, 2.24) is 10.2 Å². The van der Waals surface area contributed by atoms with E-state index < -0.39 is 12.1 Å². The summed E-state index contributed by atoms with van der Waals surface area (Å²) >= 11 is 0. The third-order valence-corrected chi connectivity index (χ3v) is 3.78. The lowest BCUT2D eigenvalue weighted by atomic mass is 10.1. The minimum atomic E-state index is -0.605. The van der Waals surface area contributed by atoms with Gasteiger partial charge in [-0.3, -0.25) is 9.59 Å². The molecule has 0 aromatic rings. The first-order chi connectivity index (χ1) is 10.1. The summed E-state index contributed by atoms with van der Waals surface area (Å²) in [7, 11) is 0. The van der Waals surface area contributed by atoms with Crippen LogP contribution >= 0.6 is 0 Å². The number of nitrogens with one attached hydrogen (secondary N) is 1. The molecule has 2 amide bonds. The highest BCUT2D eigenvalue weighted by Crippen LogP contribution is 2.21. The predicted octanol–water partition coefficient (Wildman–Crippen LogP) is 0.765. The Morgan fingerprint density at radius 1 is 1.33 bits per heavy atom. The minimum absolute atomic E-state index is 0.199. The summed E-state index contributed by atoms with van der Waals surface area (Å²) in [4.78, 5) is 37.5. The van der Waals surface area contributed by atoms with Crippen molar-refractivity contribution in [3.63, 3.8) is 0 Å². The number of carbonyl (C=O) groups is 3. The van der Waals surface area contributed by atoms with E-state index in [9.17, 15) is 14.4 Å². The number of hydrogen-bond acceptors (Lipinski definition) is 4. The molecule has 0 bridgehead atoms. The summed E-state index contributed by atoms with van der Waals surface area (Å²) < 4.78 is 5.24. The molecule has 2 atom stereocenters. The second-order valence-corrected chi connectivity index (χ2v) is 5.46. The fourth-order valence-electron chi connectivity index (χ4n) is 2.76. The summed E-state index contributed by atoms with van der Waals surface area (Å²) in [6.45, 7) is 2.32. The maximum absolute atomic E-state index is 12.6. The second-order valence-electron chi connectivity index (χ2n) is 5.46. The molecule has 1 fully saturated rings. The van der Waals surface area contributed by atoms with E-state index in [1.807, 2.05) is 12.2 Å². The van der Waals surface area contributed by atoms with Crippen LogP contribution in [-0.2, 0) is 19.1 Å². The van der Waals surface area contributed by atoms with Gasteiger partial charge in [-0.05, 0) is 32.1 Å². The minimum Gasteiger partial charge on any atom is -0.464 e. The third kappa shape index (κ3) is 4.06. The Kier molecular flexibility index (Phi) is 5.36. The molecule has 1 saturated heterocycles. The predicted molar refractivity (Wildman–Crippen MR) is 76.3 cm³/mol. The summed E-state index contributed by atoms with van der Waals surface area (Å²) in [5.74, 6) is -0.769. The molecule has 0 spiro atoms. The normalized spacial score (nSPS) is 28.9. The van der Waals surface area contributed by atoms with Crippen LogP contribution in [0, 0.1) is 0 Å². The van der Waals surface area contributed by atoms with Crippen molar-refractivity contribution >= 4 is 17.8 Å². The Morgan fingerprint density at radius 3 is 2.90 bits per heavy atom. The van der Waals surface area contributed by atoms with Gasteiger partial charge < -0.3 is 15.0 Å². The first-order valence-electron chi connectivity index (χ1n) is 7.49. The smallest absolute Gasteiger partial charge is 0.328 e. The molecule has 0 saturated carbocycles. The summed E-state index contributed by atoms with van der Waals surface area (Å²) in [6, 6.07) is -1.11. The quantitative estimate of drug-likeness (QED) is 0.572. The highest BCUT2D eigenvalue weighted by Gasteiger charge is 2.38. The fraction of sp³-hybridized carbons (Fsp3) is 0.667. The fourth-order valence-corrected chi connectivity index (χ4v) is 2.76. The van der Waals surface area contributed by atoms with Crippen LogP contribution in [0.2, 0.25) is 0 Å². The molecule has 0 unspecified atom stereocenters. The molecule has 2 aliphatic rings. The highest BCUT2D eigenvalue weighted by molar-refractivity contribution is 5.90. The van der Waals surface area contributed by atoms with E-state index >= 15 is 0 Å². The summed E-state index contributed by atoms with van der Waals surface area (Å²) in [5, 5.41) is 2.68. The van der Waals surface area contributed by atoms with Crippen molar-refractivity contribution in [3.05, 3.63) is 12.2 Å². The van der Waals surface area contributed by atoms with Gasteiger partial charge in [-0.15, -0.1) is 0 Å². The van der Waals surface area contributed by atoms with Crippen molar-refractivity contribution in [2.24, 2.45) is 0 Å². The molecule has 0 aromatic heterocycles. The number of amides is 2. The van der Waals surface area contributed by atoms with Gasteiger partial charge in [-0.1, -0.05) is 12.2 Å². The van der Waals surface area contributed by atoms with Crippen LogP contribution in [0.4, 0.5) is 0 Å². The van der Waals surface area contributed by atoms with Gasteiger partial charge in [0.15, 0.2) is 0 Å². The number of rotatable bonds is 1. The van der Waals surface area contributed by atoms with Gasteiger partial charge >= 0.3 is 5.97 Å². The average Bonchev–Trinajstić information content (AvgIpc) is 2.91. The van der Waals surface area contributed by atoms with Crippen LogP contribution in [0.1, 0.15) is 39.0 Å². The Morgan fingerprint density at radius 2 is 2.14 bits per heavy atom. The van der Waals surface area contributed by atoms with Crippen molar-refractivity contribution in [2.45, 2.75) is 51.1 Å². The molecule has 0 aliphatic carbocycles. The van der Waals surface area contributed by atoms with E-state index in [4.69, 9.17) is 4.74 Å². The zero-order valence-electron chi connectivity index (χ0n) is 12.3. The third-order valence-electron chi connectivity index (χ3n) is 3.78. The Hall–Kier alpha value is -1.85. The van der Waals surface area contributed by atoms with E-state index in [-0.39, 0.29) is 17.8 Å². The average molecular weight is 294 g/mol. The second kappa shape index (κ2) is 7.24. The molecule has 6 nitrogen and oxygen atoms in total. The zero-order valence-corrected chi connectivity index (χ0v) is 12.3. The molecule has 21 heavy (non-hydrogen) atoms. The van der Waals surface area contributed by atoms with Gasteiger partial charge in [0.25, 0.3) is 0 Å². The van der Waals surface area contributed by atoms with Crippen molar-refractivity contribution in [3.8, 4) is 0 Å². The van der Waals surface area contributed by atoms with E-state index in [1.165, 1.54) is 6.92 Å². The van der Waals surface area contributed by atoms with Gasteiger partial charge in [-0.2, -0.15) is 0 Å². The number of carbonyl (C=O) groups excluding carboxylic acids is 3. The number of esters is 1. The number of allylic oxidation sites excluding steroid dienone is 1. The Bertz CT molecular complexity index is 447. The van der Waals surface area contributed by atoms with Gasteiger partial charge in [0.2, 0.25) is 11.8 Å². The molecular weight excluding hydrogens is 272 g/mol. The van der Waals surface area contributed by atoms with Crippen LogP contribution in [0.3, 0.4) is 0 Å². The first-order valence-corrected chi connectivity index (χ1v) is 7.49. The lowest BCUT2D eigenvalue weighted by molar-refractivity contribution is -0.154. The maximum atomic E-state index is 12.6. The van der Waals surface area contributed by atoms with E-state index in [0.717, 1.165) is 19.3 Å². The van der Waals surface area contributed by atoms with Crippen LogP contribution in [0.25, 0.3) is 0 Å². The first kappa shape index (κ1) is 15.5. The van der Waals surface area contributed by atoms with Gasteiger partial charge in [0.1, 0.15) is 12.1 Å². The molecule has 0 radical (unpaired) electrons. The van der Waals surface area contributed by atoms with Crippen molar-refractivity contribution in [1.29, 1.82) is 0 Å². The topological polar surface area (TPSA) is 75.7 Å². The van der Waals surface area contributed by atoms with Crippen LogP contribution in [0.15, 0.2) is 12.2 Å². The molecule has 2 heterocycles. The van der Waals surface area contributed by atoms with Gasteiger partial charge in [-0.25, -0.2) is 4.79 Å². The highest BCUT2D eigenvalue weighted by atomic mass is 16.5. The maximum Gasteiger partial charge on any atom is 0.328 e. The number of hydrogen-bond donors (Lipinski definition) is 1. The molecular formula is C15H22N2O4. The summed E-state index contributed by atoms with van der Waals surface area (Å²) in [5.41, 5.74) is 0. The molecule has 0 aromatic carbocycles. The SMILES string of the molecule is CC(=O)N[C@@H]1C/C=C\CCCOC(=O)[C@@H]2CCCN2C1=O. The van der Waals surface area contributed by atoms with Crippen LogP contribution < -0.4 is 5.32 Å². The van der Waals surface area contributed by atoms with E-state index in [0.29, 0.717) is 26.0 Å². The van der Waals surface area contributed by atoms with Crippen molar-refractivity contribution < 1.29 is 19.1 Å². The molecule has 2 rings (SSSR count). The number of fused-ring (bicyclic) bond motifs is 1. The van der Waals surface area contributed by atoms with E-state index in [1.54, 1.807) is 4.90 Å². The molecule has 1 N–H and O–H groups in total. The number of cyclic esters (lactones) is 1. The van der Waals surface area contributed by atoms with Crippen LogP contribution in [0.5, 0.6) is 0 Å². The summed E-state index contributed by atoms with van der Waals surface area (Å²) in [6.07, 6.45) is 7.31. The molecule has 116 valence electrons. The van der Waals surface area contributed by atoms with Crippen LogP contribution in [-0.4, -0.2) is 47.9 Å². The van der Waals surface area contributed by atoms with Crippen molar-refractivity contribution in [2.75, 3.05) is 13.2 Å². The standard InChI is InChI=1S/C15H22N2O4/c1-11(18)16-12-7-4-2-3-5-10-21-15(20)13-8-6-9-17(13)14(12)19/h2,4,12-13H,3,5-10H2,1H3,(H,16,18)/b4-2-/t12-,13+/m1/s1. The number of ether oxygens (including phenoxy) is 1. The molecule has 2 aliphatic heterocycles. The zero-order chi connectivity index (χ0) is 15.2. The lowest BCUT2D eigenvalue weighted by Gasteiger charge is -2.28. The lowest BCUT2D eigenvalue weighted by Crippen LogP contribution is -2.51. The molecule has 6 heteroatoms. The van der Waals surface area contributed by atoms with Gasteiger partial charge in [0.05, 0.1) is 6.61 Å². The Balaban J connectivity index is 2.18. The van der Waals surface area contributed by atoms with Gasteiger partial charge in [0, 0.05) is 13.5 Å².